The lowest BCUT2D eigenvalue weighted by molar-refractivity contribution is 0.102. The Hall–Kier alpha value is -3.15. The van der Waals surface area contributed by atoms with Gasteiger partial charge in [0.05, 0.1) is 24.1 Å². The van der Waals surface area contributed by atoms with Gasteiger partial charge in [-0.25, -0.2) is 9.07 Å². The van der Waals surface area contributed by atoms with Gasteiger partial charge in [0.1, 0.15) is 5.82 Å². The highest BCUT2D eigenvalue weighted by molar-refractivity contribution is 6.04. The minimum atomic E-state index is -0.681. The number of hydrogen-bond donors (Lipinski definition) is 1. The fourth-order valence-electron chi connectivity index (χ4n) is 3.20. The molecule has 0 bridgehead atoms. The molecule has 0 spiro atoms. The maximum atomic E-state index is 14.4. The lowest BCUT2D eigenvalue weighted by Crippen LogP contribution is -2.16. The minimum absolute atomic E-state index is 0.0340. The first-order valence-corrected chi connectivity index (χ1v) is 8.87. The first-order valence-electron chi connectivity index (χ1n) is 8.87. The number of benzene rings is 2. The third kappa shape index (κ3) is 3.30. The Labute approximate surface area is 156 Å². The monoisotopic (exact) mass is 365 g/mol. The van der Waals surface area contributed by atoms with E-state index in [1.165, 1.54) is 19.2 Å². The summed E-state index contributed by atoms with van der Waals surface area (Å²) >= 11 is 0. The maximum absolute atomic E-state index is 14.4. The normalized spacial score (nSPS) is 18.2. The molecule has 5 nitrogen and oxygen atoms in total. The summed E-state index contributed by atoms with van der Waals surface area (Å²) in [5.74, 6) is 0.315. The number of methoxy groups -OCH3 is 1. The van der Waals surface area contributed by atoms with Gasteiger partial charge in [0.25, 0.3) is 5.91 Å². The molecule has 0 aliphatic heterocycles. The van der Waals surface area contributed by atoms with Crippen LogP contribution in [0.1, 0.15) is 35.3 Å². The Morgan fingerprint density at radius 3 is 2.63 bits per heavy atom. The molecule has 2 unspecified atom stereocenters. The zero-order chi connectivity index (χ0) is 19.0. The largest absolute Gasteiger partial charge is 0.494 e. The highest BCUT2D eigenvalue weighted by Crippen LogP contribution is 2.47. The van der Waals surface area contributed by atoms with Crippen LogP contribution in [0.3, 0.4) is 0 Å². The van der Waals surface area contributed by atoms with Crippen LogP contribution in [-0.4, -0.2) is 22.8 Å². The van der Waals surface area contributed by atoms with Crippen LogP contribution in [-0.2, 0) is 0 Å². The van der Waals surface area contributed by atoms with E-state index >= 15 is 0 Å². The van der Waals surface area contributed by atoms with E-state index in [1.54, 1.807) is 10.7 Å². The van der Waals surface area contributed by atoms with Crippen molar-refractivity contribution in [2.45, 2.75) is 19.3 Å². The second kappa shape index (κ2) is 6.87. The van der Waals surface area contributed by atoms with Gasteiger partial charge >= 0.3 is 0 Å². The van der Waals surface area contributed by atoms with E-state index in [1.807, 2.05) is 36.4 Å². The fourth-order valence-corrected chi connectivity index (χ4v) is 3.20. The van der Waals surface area contributed by atoms with Crippen molar-refractivity contribution in [1.29, 1.82) is 0 Å². The van der Waals surface area contributed by atoms with E-state index in [-0.39, 0.29) is 11.3 Å². The standard InChI is InChI=1S/C21H20FN3O2/c1-13-11-16(13)17-12-19(25(24-17)14-7-4-3-5-8-14)23-21(26)15-9-6-10-18(27-2)20(15)22/h3-10,12-13,16H,11H2,1-2H3,(H,23,26). The number of para-hydroxylation sites is 1. The van der Waals surface area contributed by atoms with E-state index in [9.17, 15) is 9.18 Å². The Morgan fingerprint density at radius 1 is 1.22 bits per heavy atom. The Bertz CT molecular complexity index is 984. The van der Waals surface area contributed by atoms with Gasteiger partial charge in [-0.3, -0.25) is 4.79 Å². The SMILES string of the molecule is COc1cccc(C(=O)Nc2cc(C3CC3C)nn2-c2ccccc2)c1F. The summed E-state index contributed by atoms with van der Waals surface area (Å²) in [6, 6.07) is 15.9. The Morgan fingerprint density at radius 2 is 1.96 bits per heavy atom. The van der Waals surface area contributed by atoms with E-state index < -0.39 is 11.7 Å². The van der Waals surface area contributed by atoms with Crippen molar-refractivity contribution in [3.8, 4) is 11.4 Å². The summed E-state index contributed by atoms with van der Waals surface area (Å²) in [6.45, 7) is 2.18. The van der Waals surface area contributed by atoms with Crippen LogP contribution in [0.15, 0.2) is 54.6 Å². The highest BCUT2D eigenvalue weighted by Gasteiger charge is 2.36. The third-order valence-electron chi connectivity index (χ3n) is 4.89. The van der Waals surface area contributed by atoms with Crippen LogP contribution >= 0.6 is 0 Å². The number of aromatic nitrogens is 2. The molecule has 27 heavy (non-hydrogen) atoms. The Balaban J connectivity index is 1.69. The summed E-state index contributed by atoms with van der Waals surface area (Å²) in [5, 5.41) is 7.48. The second-order valence-electron chi connectivity index (χ2n) is 6.80. The van der Waals surface area contributed by atoms with E-state index in [4.69, 9.17) is 4.74 Å². The van der Waals surface area contributed by atoms with Gasteiger partial charge in [-0.2, -0.15) is 5.10 Å². The molecule has 0 saturated heterocycles. The number of rotatable bonds is 5. The van der Waals surface area contributed by atoms with Gasteiger partial charge in [-0.15, -0.1) is 0 Å². The molecule has 3 aromatic rings. The molecule has 2 atom stereocenters. The van der Waals surface area contributed by atoms with E-state index in [0.29, 0.717) is 17.7 Å². The van der Waals surface area contributed by atoms with E-state index in [0.717, 1.165) is 17.8 Å². The fraction of sp³-hybridized carbons (Fsp3) is 0.238. The van der Waals surface area contributed by atoms with Crippen LogP contribution in [0.5, 0.6) is 5.75 Å². The molecule has 0 radical (unpaired) electrons. The predicted octanol–water partition coefficient (Wildman–Crippen LogP) is 4.40. The first-order chi connectivity index (χ1) is 13.1. The molecular formula is C21H20FN3O2. The molecule has 1 aliphatic carbocycles. The number of carbonyl (C=O) groups excluding carboxylic acids is 1. The van der Waals surface area contributed by atoms with Crippen molar-refractivity contribution >= 4 is 11.7 Å². The number of hydrogen-bond acceptors (Lipinski definition) is 3. The molecule has 6 heteroatoms. The van der Waals surface area contributed by atoms with Crippen LogP contribution in [0.4, 0.5) is 10.2 Å². The topological polar surface area (TPSA) is 56.1 Å². The predicted molar refractivity (Wildman–Crippen MR) is 101 cm³/mol. The van der Waals surface area contributed by atoms with Gasteiger partial charge < -0.3 is 10.1 Å². The number of amides is 1. The second-order valence-corrected chi connectivity index (χ2v) is 6.80. The maximum Gasteiger partial charge on any atom is 0.259 e. The summed E-state index contributed by atoms with van der Waals surface area (Å²) in [5.41, 5.74) is 1.70. The molecular weight excluding hydrogens is 345 g/mol. The van der Waals surface area contributed by atoms with E-state index in [2.05, 4.69) is 17.3 Å². The summed E-state index contributed by atoms with van der Waals surface area (Å²) in [4.78, 5) is 12.7. The quantitative estimate of drug-likeness (QED) is 0.729. The zero-order valence-corrected chi connectivity index (χ0v) is 15.1. The van der Waals surface area contributed by atoms with Crippen molar-refractivity contribution < 1.29 is 13.9 Å². The average molecular weight is 365 g/mol. The van der Waals surface area contributed by atoms with Crippen molar-refractivity contribution in [2.24, 2.45) is 5.92 Å². The smallest absolute Gasteiger partial charge is 0.259 e. The number of nitrogens with one attached hydrogen (secondary N) is 1. The Kier molecular flexibility index (Phi) is 4.39. The molecule has 1 N–H and O–H groups in total. The molecule has 1 aromatic heterocycles. The molecule has 1 aliphatic rings. The van der Waals surface area contributed by atoms with Crippen LogP contribution in [0.25, 0.3) is 5.69 Å². The average Bonchev–Trinajstić information content (AvgIpc) is 3.27. The number of nitrogens with zero attached hydrogens (tertiary/aromatic N) is 2. The zero-order valence-electron chi connectivity index (χ0n) is 15.1. The lowest BCUT2D eigenvalue weighted by Gasteiger charge is -2.10. The lowest BCUT2D eigenvalue weighted by atomic mass is 10.2. The first kappa shape index (κ1) is 17.3. The number of halogens is 1. The molecule has 138 valence electrons. The molecule has 1 saturated carbocycles. The van der Waals surface area contributed by atoms with Gasteiger partial charge in [-0.1, -0.05) is 31.2 Å². The molecule has 1 amide bonds. The van der Waals surface area contributed by atoms with Crippen molar-refractivity contribution in [3.63, 3.8) is 0 Å². The molecule has 1 fully saturated rings. The van der Waals surface area contributed by atoms with Gasteiger partial charge in [0.15, 0.2) is 11.6 Å². The van der Waals surface area contributed by atoms with Crippen molar-refractivity contribution in [3.05, 3.63) is 71.7 Å². The van der Waals surface area contributed by atoms with Gasteiger partial charge in [0.2, 0.25) is 0 Å². The number of anilines is 1. The van der Waals surface area contributed by atoms with Gasteiger partial charge in [0, 0.05) is 12.0 Å². The molecule has 1 heterocycles. The molecule has 4 rings (SSSR count). The van der Waals surface area contributed by atoms with Crippen LogP contribution < -0.4 is 10.1 Å². The van der Waals surface area contributed by atoms with Crippen LogP contribution in [0.2, 0.25) is 0 Å². The third-order valence-corrected chi connectivity index (χ3v) is 4.89. The number of carbonyl (C=O) groups is 1. The summed E-state index contributed by atoms with van der Waals surface area (Å²) in [7, 11) is 1.37. The highest BCUT2D eigenvalue weighted by atomic mass is 19.1. The van der Waals surface area contributed by atoms with Crippen molar-refractivity contribution in [1.82, 2.24) is 9.78 Å². The van der Waals surface area contributed by atoms with Gasteiger partial charge in [-0.05, 0) is 36.6 Å². The summed E-state index contributed by atoms with van der Waals surface area (Å²) in [6.07, 6.45) is 1.09. The van der Waals surface area contributed by atoms with Crippen molar-refractivity contribution in [2.75, 3.05) is 12.4 Å². The number of ether oxygens (including phenoxy) is 1. The molecule has 2 aromatic carbocycles. The summed E-state index contributed by atoms with van der Waals surface area (Å²) < 4.78 is 21.1. The minimum Gasteiger partial charge on any atom is -0.494 e. The van der Waals surface area contributed by atoms with Crippen LogP contribution in [0, 0.1) is 11.7 Å².